The van der Waals surface area contributed by atoms with Crippen LogP contribution >= 0.6 is 0 Å². The smallest absolute Gasteiger partial charge is 0.254 e. The van der Waals surface area contributed by atoms with E-state index in [9.17, 15) is 14.3 Å². The number of benzene rings is 3. The van der Waals surface area contributed by atoms with Gasteiger partial charge in [-0.15, -0.1) is 0 Å². The van der Waals surface area contributed by atoms with Crippen molar-refractivity contribution >= 4 is 5.91 Å². The van der Waals surface area contributed by atoms with E-state index in [2.05, 4.69) is 23.6 Å². The Labute approximate surface area is 220 Å². The summed E-state index contributed by atoms with van der Waals surface area (Å²) < 4.78 is 13.4. The Bertz CT molecular complexity index is 1200. The van der Waals surface area contributed by atoms with E-state index in [1.807, 2.05) is 73.3 Å². The third-order valence-corrected chi connectivity index (χ3v) is 7.52. The van der Waals surface area contributed by atoms with Gasteiger partial charge in [0.2, 0.25) is 0 Å². The van der Waals surface area contributed by atoms with Gasteiger partial charge in [-0.25, -0.2) is 4.39 Å². The van der Waals surface area contributed by atoms with Crippen molar-refractivity contribution in [3.8, 4) is 5.75 Å². The molecule has 3 atom stereocenters. The minimum Gasteiger partial charge on any atom is -0.508 e. The number of aromatic hydroxyl groups is 1. The van der Waals surface area contributed by atoms with Gasteiger partial charge >= 0.3 is 0 Å². The Kier molecular flexibility index (Phi) is 8.62. The van der Waals surface area contributed by atoms with E-state index in [1.54, 1.807) is 6.07 Å². The quantitative estimate of drug-likeness (QED) is 0.429. The number of phenols is 1. The molecule has 1 N–H and O–H groups in total. The van der Waals surface area contributed by atoms with Gasteiger partial charge < -0.3 is 10.0 Å². The van der Waals surface area contributed by atoms with Crippen LogP contribution in [0.2, 0.25) is 0 Å². The van der Waals surface area contributed by atoms with Crippen LogP contribution in [0.5, 0.6) is 5.75 Å². The lowest BCUT2D eigenvalue weighted by Crippen LogP contribution is -2.57. The molecule has 3 aromatic carbocycles. The summed E-state index contributed by atoms with van der Waals surface area (Å²) in [5, 5.41) is 10.4. The first kappa shape index (κ1) is 26.8. The number of piperazine rings is 1. The maximum atomic E-state index is 13.6. The number of hydrogen-bond donors (Lipinski definition) is 1. The molecule has 1 heterocycles. The Hall–Kier alpha value is -3.22. The second kappa shape index (κ2) is 11.9. The molecule has 1 aliphatic heterocycles. The molecule has 1 unspecified atom stereocenters. The van der Waals surface area contributed by atoms with Crippen molar-refractivity contribution in [2.75, 3.05) is 26.2 Å². The number of phenolic OH excluding ortho intramolecular Hbond substituents is 1. The van der Waals surface area contributed by atoms with E-state index in [0.29, 0.717) is 18.7 Å². The average Bonchev–Trinajstić information content (AvgIpc) is 2.89. The number of halogens is 1. The maximum Gasteiger partial charge on any atom is 0.254 e. The summed E-state index contributed by atoms with van der Waals surface area (Å²) in [5.74, 6) is 0.0222. The van der Waals surface area contributed by atoms with Crippen molar-refractivity contribution in [2.24, 2.45) is 0 Å². The van der Waals surface area contributed by atoms with Crippen LogP contribution in [0.4, 0.5) is 4.39 Å². The van der Waals surface area contributed by atoms with Gasteiger partial charge in [0, 0.05) is 50.4 Å². The van der Waals surface area contributed by atoms with Gasteiger partial charge in [0.1, 0.15) is 11.6 Å². The van der Waals surface area contributed by atoms with Gasteiger partial charge in [-0.3, -0.25) is 14.6 Å². The molecule has 196 valence electrons. The fourth-order valence-electron chi connectivity index (χ4n) is 5.49. The third kappa shape index (κ3) is 6.03. The lowest BCUT2D eigenvalue weighted by molar-refractivity contribution is 0.0192. The zero-order valence-electron chi connectivity index (χ0n) is 22.3. The van der Waals surface area contributed by atoms with Gasteiger partial charge in [0.25, 0.3) is 5.91 Å². The molecule has 37 heavy (non-hydrogen) atoms. The highest BCUT2D eigenvalue weighted by molar-refractivity contribution is 5.96. The minimum atomic E-state index is -0.220. The van der Waals surface area contributed by atoms with E-state index in [4.69, 9.17) is 0 Å². The highest BCUT2D eigenvalue weighted by atomic mass is 19.1. The zero-order chi connectivity index (χ0) is 26.5. The summed E-state index contributed by atoms with van der Waals surface area (Å²) in [6, 6.07) is 22.2. The molecule has 1 fully saturated rings. The summed E-state index contributed by atoms with van der Waals surface area (Å²) in [6.07, 6.45) is 0. The predicted molar refractivity (Wildman–Crippen MR) is 146 cm³/mol. The second-order valence-corrected chi connectivity index (χ2v) is 10.0. The molecule has 0 radical (unpaired) electrons. The molecule has 0 spiro atoms. The fourth-order valence-corrected chi connectivity index (χ4v) is 5.49. The Morgan fingerprint density at radius 2 is 1.68 bits per heavy atom. The number of nitrogens with zero attached hydrogens (tertiary/aromatic N) is 3. The molecule has 1 saturated heterocycles. The average molecular weight is 504 g/mol. The Morgan fingerprint density at radius 1 is 0.973 bits per heavy atom. The monoisotopic (exact) mass is 503 g/mol. The van der Waals surface area contributed by atoms with E-state index in [1.165, 1.54) is 12.1 Å². The molecule has 3 aromatic rings. The molecule has 0 aliphatic carbocycles. The van der Waals surface area contributed by atoms with Crippen molar-refractivity contribution in [2.45, 2.75) is 52.4 Å². The molecule has 4 rings (SSSR count). The van der Waals surface area contributed by atoms with Crippen molar-refractivity contribution < 1.29 is 14.3 Å². The lowest BCUT2D eigenvalue weighted by Gasteiger charge is -2.48. The van der Waals surface area contributed by atoms with E-state index in [0.717, 1.165) is 36.3 Å². The summed E-state index contributed by atoms with van der Waals surface area (Å²) in [5.41, 5.74) is 3.71. The first-order valence-corrected chi connectivity index (χ1v) is 13.2. The van der Waals surface area contributed by atoms with E-state index in [-0.39, 0.29) is 35.6 Å². The minimum absolute atomic E-state index is 0.0291. The fraction of sp³-hybridized carbons (Fsp3) is 0.387. The highest BCUT2D eigenvalue weighted by Crippen LogP contribution is 2.36. The number of amides is 1. The van der Waals surface area contributed by atoms with Crippen LogP contribution in [0.3, 0.4) is 0 Å². The molecule has 6 heteroatoms. The van der Waals surface area contributed by atoms with Gasteiger partial charge in [-0.2, -0.15) is 0 Å². The van der Waals surface area contributed by atoms with Crippen LogP contribution in [-0.4, -0.2) is 64.0 Å². The Morgan fingerprint density at radius 3 is 2.35 bits per heavy atom. The molecular formula is C31H38FN3O2. The van der Waals surface area contributed by atoms with E-state index < -0.39 is 0 Å². The van der Waals surface area contributed by atoms with Crippen molar-refractivity contribution in [1.82, 2.24) is 14.7 Å². The maximum absolute atomic E-state index is 13.6. The van der Waals surface area contributed by atoms with Gasteiger partial charge in [0.05, 0.1) is 6.04 Å². The normalized spacial score (nSPS) is 19.5. The number of carbonyl (C=O) groups excluding carboxylic acids is 1. The van der Waals surface area contributed by atoms with Crippen molar-refractivity contribution in [3.05, 3.63) is 101 Å². The standard InChI is InChI=1S/C31H38FN3O2/c1-5-33(6-2)31(37)29-13-8-7-12-28(29)30(25-10-9-11-27(36)18-25)35-20-22(3)34(19-23(35)4)21-24-14-16-26(32)17-15-24/h7-18,22-23,30,36H,5-6,19-21H2,1-4H3/t22-,23+,30?/m1/s1. The molecule has 5 nitrogen and oxygen atoms in total. The third-order valence-electron chi connectivity index (χ3n) is 7.52. The lowest BCUT2D eigenvalue weighted by atomic mass is 9.90. The van der Waals surface area contributed by atoms with Crippen molar-refractivity contribution in [3.63, 3.8) is 0 Å². The highest BCUT2D eigenvalue weighted by Gasteiger charge is 2.36. The number of carbonyl (C=O) groups is 1. The molecule has 0 saturated carbocycles. The SMILES string of the molecule is CCN(CC)C(=O)c1ccccc1C(c1cccc(O)c1)N1C[C@@H](C)N(Cc2ccc(F)cc2)C[C@@H]1C. The summed E-state index contributed by atoms with van der Waals surface area (Å²) >= 11 is 0. The molecule has 0 bridgehead atoms. The van der Waals surface area contributed by atoms with Gasteiger partial charge in [0.15, 0.2) is 0 Å². The van der Waals surface area contributed by atoms with Gasteiger partial charge in [-0.05, 0) is 74.7 Å². The van der Waals surface area contributed by atoms with Gasteiger partial charge in [-0.1, -0.05) is 42.5 Å². The molecular weight excluding hydrogens is 465 g/mol. The van der Waals surface area contributed by atoms with Crippen LogP contribution in [0.1, 0.15) is 60.8 Å². The van der Waals surface area contributed by atoms with Crippen molar-refractivity contribution in [1.29, 1.82) is 0 Å². The summed E-state index contributed by atoms with van der Waals surface area (Å²) in [7, 11) is 0. The first-order chi connectivity index (χ1) is 17.8. The molecule has 0 aromatic heterocycles. The molecule has 1 amide bonds. The molecule has 1 aliphatic rings. The summed E-state index contributed by atoms with van der Waals surface area (Å²) in [4.78, 5) is 20.3. The first-order valence-electron chi connectivity index (χ1n) is 13.2. The van der Waals surface area contributed by atoms with Crippen LogP contribution in [0.25, 0.3) is 0 Å². The van der Waals surface area contributed by atoms with Crippen LogP contribution in [-0.2, 0) is 6.54 Å². The topological polar surface area (TPSA) is 47.0 Å². The zero-order valence-corrected chi connectivity index (χ0v) is 22.3. The van der Waals surface area contributed by atoms with E-state index >= 15 is 0 Å². The van der Waals surface area contributed by atoms with Crippen LogP contribution < -0.4 is 0 Å². The van der Waals surface area contributed by atoms with Crippen LogP contribution in [0, 0.1) is 5.82 Å². The number of rotatable bonds is 8. The van der Waals surface area contributed by atoms with Crippen LogP contribution in [0.15, 0.2) is 72.8 Å². The predicted octanol–water partition coefficient (Wildman–Crippen LogP) is 5.70. The largest absolute Gasteiger partial charge is 0.508 e. The summed E-state index contributed by atoms with van der Waals surface area (Å²) in [6.45, 7) is 12.1. The Balaban J connectivity index is 1.70. The second-order valence-electron chi connectivity index (χ2n) is 10.0. The number of hydrogen-bond acceptors (Lipinski definition) is 4.